The van der Waals surface area contributed by atoms with Crippen LogP contribution in [0.5, 0.6) is 5.75 Å². The topological polar surface area (TPSA) is 105 Å². The number of nitrogens with zero attached hydrogens (tertiary/aromatic N) is 2. The van der Waals surface area contributed by atoms with Crippen LogP contribution in [0.3, 0.4) is 0 Å². The molecule has 0 radical (unpaired) electrons. The Morgan fingerprint density at radius 1 is 1.16 bits per heavy atom. The number of alkyl halides is 3. The maximum absolute atomic E-state index is 12.6. The minimum absolute atomic E-state index is 0.0968. The number of ether oxygens (including phenoxy) is 1. The molecule has 1 fully saturated rings. The summed E-state index contributed by atoms with van der Waals surface area (Å²) in [5.41, 5.74) is 2.22. The van der Waals surface area contributed by atoms with Crippen LogP contribution in [-0.2, 0) is 4.79 Å². The van der Waals surface area contributed by atoms with Gasteiger partial charge in [-0.25, -0.2) is 4.98 Å². The van der Waals surface area contributed by atoms with Gasteiger partial charge in [0.15, 0.2) is 0 Å². The van der Waals surface area contributed by atoms with Gasteiger partial charge in [0.2, 0.25) is 5.95 Å². The van der Waals surface area contributed by atoms with Crippen LogP contribution in [0.4, 0.5) is 24.8 Å². The number of nitrogens with one attached hydrogen (secondary N) is 2. The molecule has 0 unspecified atom stereocenters. The first-order chi connectivity index (χ1) is 17.7. The minimum Gasteiger partial charge on any atom is -0.480 e. The Morgan fingerprint density at radius 2 is 1.84 bits per heavy atom. The van der Waals surface area contributed by atoms with Gasteiger partial charge in [0.05, 0.1) is 11.0 Å². The molecule has 3 N–H and O–H groups in total. The van der Waals surface area contributed by atoms with Crippen LogP contribution in [-0.4, -0.2) is 38.9 Å². The Kier molecular flexibility index (Phi) is 7.31. The largest absolute Gasteiger partial charge is 0.573 e. The molecule has 0 spiro atoms. The normalized spacial score (nSPS) is 20.1. The molecule has 1 amide bonds. The molecule has 0 aliphatic heterocycles. The Balaban J connectivity index is 1.71. The van der Waals surface area contributed by atoms with Crippen molar-refractivity contribution in [2.24, 2.45) is 11.3 Å². The van der Waals surface area contributed by atoms with Gasteiger partial charge in [0.25, 0.3) is 5.91 Å². The van der Waals surface area contributed by atoms with Gasteiger partial charge >= 0.3 is 12.3 Å². The lowest BCUT2D eigenvalue weighted by Gasteiger charge is -2.40. The molecule has 3 atom stereocenters. The monoisotopic (exact) mass is 532 g/mol. The zero-order valence-corrected chi connectivity index (χ0v) is 21.6. The van der Waals surface area contributed by atoms with E-state index in [0.29, 0.717) is 23.1 Å². The number of carbonyl (C=O) groups excluding carboxylic acids is 1. The highest BCUT2D eigenvalue weighted by atomic mass is 19.4. The van der Waals surface area contributed by atoms with Gasteiger partial charge in [0.1, 0.15) is 11.8 Å². The minimum atomic E-state index is -4.78. The number of imidazole rings is 1. The van der Waals surface area contributed by atoms with E-state index in [4.69, 9.17) is 10.1 Å². The van der Waals surface area contributed by atoms with E-state index in [9.17, 15) is 22.8 Å². The zero-order valence-electron chi connectivity index (χ0n) is 21.6. The fraction of sp³-hybridized carbons (Fsp3) is 0.444. The average molecular weight is 533 g/mol. The van der Waals surface area contributed by atoms with Crippen molar-refractivity contribution < 1.29 is 32.6 Å². The number of hydrogen-bond donors (Lipinski definition) is 3. The van der Waals surface area contributed by atoms with Crippen LogP contribution in [0, 0.1) is 11.3 Å². The van der Waals surface area contributed by atoms with Gasteiger partial charge < -0.3 is 25.0 Å². The molecule has 1 heterocycles. The molecule has 38 heavy (non-hydrogen) atoms. The lowest BCUT2D eigenvalue weighted by molar-refractivity contribution is -0.274. The second kappa shape index (κ2) is 10.2. The Bertz CT molecular complexity index is 1330. The predicted octanol–water partition coefficient (Wildman–Crippen LogP) is 6.27. The van der Waals surface area contributed by atoms with E-state index in [2.05, 4.69) is 40.7 Å². The van der Waals surface area contributed by atoms with Crippen molar-refractivity contribution in [2.45, 2.75) is 65.4 Å². The standard InChI is InChI=1S/C27H31F3N4O4/c1-15-11-19(14-26(3,4)13-15)34-22-10-5-17(23(35)31-16(2)24(36)37)12-21(22)33-25(34)32-18-6-8-20(9-7-18)38-27(28,29)30/h5-10,12,15-16,19H,11,13-14H2,1-4H3,(H,31,35)(H,32,33)(H,36,37)/t15-,16-,19+/m0/s1. The molecule has 1 aliphatic rings. The number of carbonyl (C=O) groups is 2. The van der Waals surface area contributed by atoms with E-state index in [0.717, 1.165) is 24.8 Å². The van der Waals surface area contributed by atoms with Crippen LogP contribution in [0.25, 0.3) is 11.0 Å². The molecule has 4 rings (SSSR count). The Hall–Kier alpha value is -3.76. The van der Waals surface area contributed by atoms with Crippen LogP contribution in [0.2, 0.25) is 0 Å². The molecule has 0 saturated heterocycles. The fourth-order valence-electron chi connectivity index (χ4n) is 5.40. The third-order valence-electron chi connectivity index (χ3n) is 6.74. The Morgan fingerprint density at radius 3 is 2.45 bits per heavy atom. The first kappa shape index (κ1) is 27.3. The third kappa shape index (κ3) is 6.38. The van der Waals surface area contributed by atoms with Gasteiger partial charge in [-0.05, 0) is 80.0 Å². The number of hydrogen-bond acceptors (Lipinski definition) is 5. The van der Waals surface area contributed by atoms with Gasteiger partial charge in [-0.2, -0.15) is 0 Å². The molecule has 2 aromatic carbocycles. The summed E-state index contributed by atoms with van der Waals surface area (Å²) in [6, 6.07) is 9.48. The van der Waals surface area contributed by atoms with Gasteiger partial charge in [-0.3, -0.25) is 9.59 Å². The van der Waals surface area contributed by atoms with Crippen molar-refractivity contribution >= 4 is 34.5 Å². The SMILES string of the molecule is C[C@H]1C[C@@H](n2c(Nc3ccc(OC(F)(F)F)cc3)nc3cc(C(=O)N[C@@H](C)C(=O)O)ccc32)CC(C)(C)C1. The zero-order chi connectivity index (χ0) is 27.8. The molecule has 1 aliphatic carbocycles. The summed E-state index contributed by atoms with van der Waals surface area (Å²) < 4.78 is 43.7. The number of amides is 1. The van der Waals surface area contributed by atoms with E-state index < -0.39 is 24.3 Å². The van der Waals surface area contributed by atoms with Crippen LogP contribution in [0.1, 0.15) is 63.4 Å². The fourth-order valence-corrected chi connectivity index (χ4v) is 5.40. The summed E-state index contributed by atoms with van der Waals surface area (Å²) in [4.78, 5) is 28.5. The summed E-state index contributed by atoms with van der Waals surface area (Å²) in [6.45, 7) is 8.05. The van der Waals surface area contributed by atoms with E-state index in [1.165, 1.54) is 31.2 Å². The maximum atomic E-state index is 12.6. The number of rotatable bonds is 7. The molecule has 0 bridgehead atoms. The molecule has 11 heteroatoms. The number of halogens is 3. The predicted molar refractivity (Wildman–Crippen MR) is 137 cm³/mol. The maximum Gasteiger partial charge on any atom is 0.573 e. The number of carboxylic acid groups (broad SMARTS) is 1. The summed E-state index contributed by atoms with van der Waals surface area (Å²) in [7, 11) is 0. The number of aromatic nitrogens is 2. The molecule has 204 valence electrons. The summed E-state index contributed by atoms with van der Waals surface area (Å²) >= 11 is 0. The second-order valence-electron chi connectivity index (χ2n) is 10.8. The summed E-state index contributed by atoms with van der Waals surface area (Å²) in [5.74, 6) is -1.04. The van der Waals surface area contributed by atoms with E-state index in [1.807, 2.05) is 0 Å². The van der Waals surface area contributed by atoms with Gasteiger partial charge in [-0.1, -0.05) is 20.8 Å². The lowest BCUT2D eigenvalue weighted by Crippen LogP contribution is -2.38. The first-order valence-electron chi connectivity index (χ1n) is 12.4. The summed E-state index contributed by atoms with van der Waals surface area (Å²) in [5, 5.41) is 14.8. The lowest BCUT2D eigenvalue weighted by atomic mass is 9.70. The Labute approximate surface area is 218 Å². The van der Waals surface area contributed by atoms with Crippen molar-refractivity contribution in [1.82, 2.24) is 14.9 Å². The van der Waals surface area contributed by atoms with Crippen LogP contribution < -0.4 is 15.4 Å². The van der Waals surface area contributed by atoms with Crippen LogP contribution in [0.15, 0.2) is 42.5 Å². The van der Waals surface area contributed by atoms with Crippen molar-refractivity contribution in [1.29, 1.82) is 0 Å². The quantitative estimate of drug-likeness (QED) is 0.331. The van der Waals surface area contributed by atoms with Crippen molar-refractivity contribution in [3.05, 3.63) is 48.0 Å². The number of benzene rings is 2. The highest BCUT2D eigenvalue weighted by Crippen LogP contribution is 2.46. The van der Waals surface area contributed by atoms with Crippen molar-refractivity contribution in [3.8, 4) is 5.75 Å². The number of aliphatic carboxylic acids is 1. The molecular weight excluding hydrogens is 501 g/mol. The molecule has 3 aromatic rings. The molecule has 1 aromatic heterocycles. The molecular formula is C27H31F3N4O4. The number of carboxylic acids is 1. The van der Waals surface area contributed by atoms with Crippen molar-refractivity contribution in [3.63, 3.8) is 0 Å². The smallest absolute Gasteiger partial charge is 0.480 e. The van der Waals surface area contributed by atoms with Gasteiger partial charge in [0, 0.05) is 17.3 Å². The molecule has 8 nitrogen and oxygen atoms in total. The van der Waals surface area contributed by atoms with Gasteiger partial charge in [-0.15, -0.1) is 13.2 Å². The van der Waals surface area contributed by atoms with E-state index >= 15 is 0 Å². The average Bonchev–Trinajstić information content (AvgIpc) is 3.15. The second-order valence-corrected chi connectivity index (χ2v) is 10.8. The molecule has 1 saturated carbocycles. The van der Waals surface area contributed by atoms with E-state index in [1.54, 1.807) is 18.2 Å². The third-order valence-corrected chi connectivity index (χ3v) is 6.74. The highest BCUT2D eigenvalue weighted by Gasteiger charge is 2.35. The first-order valence-corrected chi connectivity index (χ1v) is 12.4. The summed E-state index contributed by atoms with van der Waals surface area (Å²) in [6.07, 6.45) is -1.88. The number of anilines is 2. The van der Waals surface area contributed by atoms with Crippen molar-refractivity contribution in [2.75, 3.05) is 5.32 Å². The highest BCUT2D eigenvalue weighted by molar-refractivity contribution is 5.99. The number of fused-ring (bicyclic) bond motifs is 1. The van der Waals surface area contributed by atoms with Crippen LogP contribution >= 0.6 is 0 Å². The van der Waals surface area contributed by atoms with E-state index in [-0.39, 0.29) is 22.8 Å².